The van der Waals surface area contributed by atoms with E-state index in [4.69, 9.17) is 16.3 Å². The number of amides is 1. The van der Waals surface area contributed by atoms with Crippen LogP contribution in [0.4, 0.5) is 0 Å². The first-order chi connectivity index (χ1) is 9.01. The van der Waals surface area contributed by atoms with Gasteiger partial charge in [0, 0.05) is 24.5 Å². The number of carbonyl (C=O) groups excluding carboxylic acids is 1. The number of aromatic hydroxyl groups is 1. The Morgan fingerprint density at radius 1 is 1.53 bits per heavy atom. The molecule has 0 spiro atoms. The van der Waals surface area contributed by atoms with Crippen LogP contribution in [0.5, 0.6) is 11.5 Å². The highest BCUT2D eigenvalue weighted by Gasteiger charge is 2.29. The largest absolute Gasteiger partial charge is 0.504 e. The summed E-state index contributed by atoms with van der Waals surface area (Å²) in [6.07, 6.45) is 1.93. The minimum Gasteiger partial charge on any atom is -0.504 e. The molecule has 0 bridgehead atoms. The summed E-state index contributed by atoms with van der Waals surface area (Å²) in [5.41, 5.74) is 0.461. The number of nitrogens with zero attached hydrogens (tertiary/aromatic N) is 1. The molecule has 2 rings (SSSR count). The van der Waals surface area contributed by atoms with E-state index in [9.17, 15) is 9.90 Å². The number of benzene rings is 1. The lowest BCUT2D eigenvalue weighted by molar-refractivity contribution is 0.0746. The van der Waals surface area contributed by atoms with Crippen LogP contribution in [0.2, 0.25) is 0 Å². The van der Waals surface area contributed by atoms with Crippen LogP contribution in [-0.2, 0) is 0 Å². The average molecular weight is 284 g/mol. The Kier molecular flexibility index (Phi) is 4.20. The summed E-state index contributed by atoms with van der Waals surface area (Å²) in [6.45, 7) is 0.703. The summed E-state index contributed by atoms with van der Waals surface area (Å²) >= 11 is 5.93. The summed E-state index contributed by atoms with van der Waals surface area (Å²) < 4.78 is 4.95. The Hall–Kier alpha value is -1.42. The van der Waals surface area contributed by atoms with Crippen LogP contribution in [0.1, 0.15) is 23.2 Å². The quantitative estimate of drug-likeness (QED) is 0.864. The van der Waals surface area contributed by atoms with Crippen LogP contribution in [0.15, 0.2) is 18.2 Å². The van der Waals surface area contributed by atoms with E-state index >= 15 is 0 Å². The molecule has 1 fully saturated rings. The van der Waals surface area contributed by atoms with Crippen molar-refractivity contribution < 1.29 is 14.6 Å². The molecule has 1 aliphatic rings. The van der Waals surface area contributed by atoms with Gasteiger partial charge in [0.2, 0.25) is 0 Å². The van der Waals surface area contributed by atoms with Crippen molar-refractivity contribution in [3.63, 3.8) is 0 Å². The van der Waals surface area contributed by atoms with Crippen LogP contribution in [-0.4, -0.2) is 42.0 Å². The summed E-state index contributed by atoms with van der Waals surface area (Å²) in [6, 6.07) is 4.68. The van der Waals surface area contributed by atoms with E-state index in [1.807, 2.05) is 0 Å². The van der Waals surface area contributed by atoms with Gasteiger partial charge in [0.05, 0.1) is 7.11 Å². The van der Waals surface area contributed by atoms with Gasteiger partial charge in [-0.25, -0.2) is 0 Å². The van der Waals surface area contributed by atoms with Gasteiger partial charge in [-0.3, -0.25) is 4.79 Å². The SMILES string of the molecule is COc1ccc(C(=O)N(C)CC2CC(Cl)C2)cc1O. The number of ether oxygens (including phenoxy) is 1. The van der Waals surface area contributed by atoms with Gasteiger partial charge in [0.15, 0.2) is 11.5 Å². The second-order valence-electron chi connectivity index (χ2n) is 5.01. The van der Waals surface area contributed by atoms with Crippen LogP contribution in [0.25, 0.3) is 0 Å². The minimum atomic E-state index is -0.101. The molecule has 0 saturated heterocycles. The van der Waals surface area contributed by atoms with Crippen molar-refractivity contribution >= 4 is 17.5 Å². The molecule has 0 heterocycles. The Balaban J connectivity index is 2.00. The van der Waals surface area contributed by atoms with Crippen molar-refractivity contribution in [1.82, 2.24) is 4.90 Å². The fraction of sp³-hybridized carbons (Fsp3) is 0.500. The van der Waals surface area contributed by atoms with Gasteiger partial charge in [-0.1, -0.05) is 0 Å². The summed E-state index contributed by atoms with van der Waals surface area (Å²) in [5.74, 6) is 0.730. The predicted molar refractivity (Wildman–Crippen MR) is 74.0 cm³/mol. The standard InChI is InChI=1S/C14H18ClNO3/c1-16(8-9-5-11(15)6-9)14(18)10-3-4-13(19-2)12(17)7-10/h3-4,7,9,11,17H,5-6,8H2,1-2H3. The molecule has 0 atom stereocenters. The number of phenolic OH excluding ortho intramolecular Hbond substituents is 1. The number of hydrogen-bond acceptors (Lipinski definition) is 3. The van der Waals surface area contributed by atoms with E-state index in [0.717, 1.165) is 12.8 Å². The first-order valence-electron chi connectivity index (χ1n) is 6.27. The monoisotopic (exact) mass is 283 g/mol. The number of carbonyl (C=O) groups is 1. The van der Waals surface area contributed by atoms with Crippen molar-refractivity contribution in [1.29, 1.82) is 0 Å². The van der Waals surface area contributed by atoms with Crippen LogP contribution < -0.4 is 4.74 Å². The van der Waals surface area contributed by atoms with Gasteiger partial charge in [0.1, 0.15) is 0 Å². The van der Waals surface area contributed by atoms with Crippen LogP contribution >= 0.6 is 11.6 Å². The number of alkyl halides is 1. The number of methoxy groups -OCH3 is 1. The highest BCUT2D eigenvalue weighted by molar-refractivity contribution is 6.21. The summed E-state index contributed by atoms with van der Waals surface area (Å²) in [5, 5.41) is 9.95. The normalized spacial score (nSPS) is 21.6. The van der Waals surface area contributed by atoms with Gasteiger partial charge in [-0.2, -0.15) is 0 Å². The second-order valence-corrected chi connectivity index (χ2v) is 5.62. The van der Waals surface area contributed by atoms with Crippen LogP contribution in [0, 0.1) is 5.92 Å². The van der Waals surface area contributed by atoms with Crippen molar-refractivity contribution in [3.8, 4) is 11.5 Å². The first-order valence-corrected chi connectivity index (χ1v) is 6.71. The third-order valence-electron chi connectivity index (χ3n) is 3.48. The van der Waals surface area contributed by atoms with E-state index < -0.39 is 0 Å². The van der Waals surface area contributed by atoms with E-state index in [-0.39, 0.29) is 17.0 Å². The third kappa shape index (κ3) is 3.13. The summed E-state index contributed by atoms with van der Waals surface area (Å²) in [4.78, 5) is 13.9. The zero-order valence-electron chi connectivity index (χ0n) is 11.1. The molecule has 1 aliphatic carbocycles. The van der Waals surface area contributed by atoms with Gasteiger partial charge in [-0.05, 0) is 37.0 Å². The van der Waals surface area contributed by atoms with Crippen molar-refractivity contribution in [3.05, 3.63) is 23.8 Å². The minimum absolute atomic E-state index is 0.0220. The maximum absolute atomic E-state index is 12.2. The molecule has 1 aromatic carbocycles. The lowest BCUT2D eigenvalue weighted by Crippen LogP contribution is -2.37. The molecule has 0 aliphatic heterocycles. The maximum Gasteiger partial charge on any atom is 0.253 e. The smallest absolute Gasteiger partial charge is 0.253 e. The molecule has 0 aromatic heterocycles. The predicted octanol–water partition coefficient (Wildman–Crippen LogP) is 2.49. The van der Waals surface area contributed by atoms with Crippen molar-refractivity contribution in [2.45, 2.75) is 18.2 Å². The topological polar surface area (TPSA) is 49.8 Å². The maximum atomic E-state index is 12.2. The van der Waals surface area contributed by atoms with Gasteiger partial charge in [0.25, 0.3) is 5.91 Å². The second kappa shape index (κ2) is 5.70. The van der Waals surface area contributed by atoms with Crippen molar-refractivity contribution in [2.24, 2.45) is 5.92 Å². The number of halogens is 1. The lowest BCUT2D eigenvalue weighted by Gasteiger charge is -2.34. The number of hydrogen-bond donors (Lipinski definition) is 1. The van der Waals surface area contributed by atoms with Crippen molar-refractivity contribution in [2.75, 3.05) is 20.7 Å². The molecule has 0 radical (unpaired) electrons. The Bertz CT molecular complexity index is 472. The molecule has 5 heteroatoms. The Labute approximate surface area is 117 Å². The average Bonchev–Trinajstić information content (AvgIpc) is 2.35. The Morgan fingerprint density at radius 2 is 2.21 bits per heavy atom. The zero-order valence-corrected chi connectivity index (χ0v) is 11.9. The fourth-order valence-corrected chi connectivity index (χ4v) is 2.82. The van der Waals surface area contributed by atoms with E-state index in [0.29, 0.717) is 23.8 Å². The van der Waals surface area contributed by atoms with E-state index in [1.165, 1.54) is 13.2 Å². The van der Waals surface area contributed by atoms with Gasteiger partial charge in [-0.15, -0.1) is 11.6 Å². The van der Waals surface area contributed by atoms with Crippen LogP contribution in [0.3, 0.4) is 0 Å². The fourth-order valence-electron chi connectivity index (χ4n) is 2.32. The molecule has 1 amide bonds. The number of phenols is 1. The third-order valence-corrected chi connectivity index (χ3v) is 3.84. The molecule has 1 aromatic rings. The molecular weight excluding hydrogens is 266 g/mol. The zero-order chi connectivity index (χ0) is 14.0. The molecule has 19 heavy (non-hydrogen) atoms. The highest BCUT2D eigenvalue weighted by Crippen LogP contribution is 2.32. The Morgan fingerprint density at radius 3 is 2.74 bits per heavy atom. The number of rotatable bonds is 4. The molecular formula is C14H18ClNO3. The van der Waals surface area contributed by atoms with E-state index in [2.05, 4.69) is 0 Å². The van der Waals surface area contributed by atoms with Gasteiger partial charge < -0.3 is 14.7 Å². The summed E-state index contributed by atoms with van der Waals surface area (Å²) in [7, 11) is 3.24. The molecule has 104 valence electrons. The van der Waals surface area contributed by atoms with Gasteiger partial charge >= 0.3 is 0 Å². The molecule has 0 unspecified atom stereocenters. The first kappa shape index (κ1) is 14.0. The molecule has 1 N–H and O–H groups in total. The highest BCUT2D eigenvalue weighted by atomic mass is 35.5. The molecule has 1 saturated carbocycles. The molecule has 4 nitrogen and oxygen atoms in total. The van der Waals surface area contributed by atoms with E-state index in [1.54, 1.807) is 24.1 Å². The lowest BCUT2D eigenvalue weighted by atomic mass is 9.84.